The third kappa shape index (κ3) is 88.0. The van der Waals surface area contributed by atoms with E-state index in [1.807, 2.05) is 28.2 Å². The lowest BCUT2D eigenvalue weighted by atomic mass is 10.3. The molecule has 0 aromatic rings. The summed E-state index contributed by atoms with van der Waals surface area (Å²) < 4.78 is 40.4. The third-order valence-corrected chi connectivity index (χ3v) is 40.8. The number of hydrogen-bond acceptors (Lipinski definition) is 14. The van der Waals surface area contributed by atoms with Gasteiger partial charge < -0.3 is 172 Å². The molecule has 0 aliphatic carbocycles. The number of unbranched alkanes of at least 4 members (excludes halogenated alkanes) is 2. The molecule has 0 bridgehead atoms. The molecule has 34 heteroatoms. The van der Waals surface area contributed by atoms with Gasteiger partial charge in [0.2, 0.25) is 0 Å². The molecule has 113 heavy (non-hydrogen) atoms. The maximum Gasteiger partial charge on any atom is 0.333 e. The van der Waals surface area contributed by atoms with E-state index in [0.29, 0.717) is 78.0 Å². The van der Waals surface area contributed by atoms with Gasteiger partial charge in [-0.25, -0.2) is 14.4 Å². The molecule has 0 aromatic heterocycles. The second-order valence-electron chi connectivity index (χ2n) is 36.3. The van der Waals surface area contributed by atoms with E-state index in [1.165, 1.54) is 43.8 Å². The van der Waals surface area contributed by atoms with E-state index in [0.717, 1.165) is 121 Å². The smallest absolute Gasteiger partial charge is 0.333 e. The minimum absolute atomic E-state index is 0. The van der Waals surface area contributed by atoms with Crippen LogP contribution in [0.15, 0.2) is 36.5 Å². The van der Waals surface area contributed by atoms with Crippen molar-refractivity contribution < 1.29 is 185 Å². The highest BCUT2D eigenvalue weighted by Crippen LogP contribution is 2.28. The molecule has 692 valence electrons. The highest BCUT2D eigenvalue weighted by molar-refractivity contribution is 6.86. The van der Waals surface area contributed by atoms with Gasteiger partial charge in [0, 0.05) is 42.8 Å². The van der Waals surface area contributed by atoms with Crippen molar-refractivity contribution in [3.05, 3.63) is 36.5 Å². The van der Waals surface area contributed by atoms with Gasteiger partial charge in [-0.1, -0.05) is 64.3 Å². The van der Waals surface area contributed by atoms with Crippen LogP contribution in [-0.2, 0) is 50.5 Å². The molecule has 0 saturated carbocycles. The zero-order valence-electron chi connectivity index (χ0n) is 72.7. The fourth-order valence-electron chi connectivity index (χ4n) is 12.1. The van der Waals surface area contributed by atoms with E-state index in [9.17, 15) is 34.2 Å². The molecule has 0 fully saturated rings. The normalized spacial score (nSPS) is 11.7. The summed E-state index contributed by atoms with van der Waals surface area (Å²) in [6.07, 6.45) is 9.54. The van der Waals surface area contributed by atoms with E-state index in [1.54, 1.807) is 20.8 Å². The molecule has 22 nitrogen and oxygen atoms in total. The minimum atomic E-state index is -1.88. The largest absolute Gasteiger partial charge is 1.00 e. The first-order valence-electron chi connectivity index (χ1n) is 37.7. The van der Waals surface area contributed by atoms with Crippen LogP contribution in [0.4, 0.5) is 0 Å². The second kappa shape index (κ2) is 71.3. The molecular formula is C79H186Br4Cl2N8O14Si6. The maximum absolute atomic E-state index is 12.4. The summed E-state index contributed by atoms with van der Waals surface area (Å²) in [7, 11) is 15.0. The van der Waals surface area contributed by atoms with Gasteiger partial charge in [0.1, 0.15) is 52.5 Å². The number of quaternary nitrogens is 6. The first kappa shape index (κ1) is 147. The molecule has 0 heterocycles. The molecule has 5 N–H and O–H groups in total. The fourth-order valence-corrected chi connectivity index (χ4v) is 38.8. The van der Waals surface area contributed by atoms with Gasteiger partial charge in [0.15, 0.2) is 63.0 Å². The van der Waals surface area contributed by atoms with Crippen molar-refractivity contribution in [2.45, 2.75) is 238 Å². The average Bonchev–Trinajstić information content (AvgIpc) is 0.867. The molecular weight excluding hydrogens is 1840 g/mol. The number of carbonyl (C=O) groups is 5. The van der Waals surface area contributed by atoms with Crippen molar-refractivity contribution in [3.8, 4) is 0 Å². The quantitative estimate of drug-likeness (QED) is 0.00970. The van der Waals surface area contributed by atoms with Gasteiger partial charge in [0.05, 0.1) is 131 Å². The number of amides is 2. The van der Waals surface area contributed by atoms with Gasteiger partial charge in [-0.05, 0) is 187 Å². The number of likely N-dealkylation sites (N-methyl/N-ethyl adjacent to an activating group) is 6. The lowest BCUT2D eigenvalue weighted by Crippen LogP contribution is -3.00. The van der Waals surface area contributed by atoms with Crippen LogP contribution in [0, 0.1) is 0 Å². The number of esters is 3. The van der Waals surface area contributed by atoms with Gasteiger partial charge in [-0.3, -0.25) is 9.59 Å². The van der Waals surface area contributed by atoms with E-state index in [4.69, 9.17) is 31.7 Å². The van der Waals surface area contributed by atoms with E-state index in [2.05, 4.69) is 165 Å². The summed E-state index contributed by atoms with van der Waals surface area (Å²) >= 11 is 0. The Labute approximate surface area is 759 Å². The Balaban J connectivity index is -0.0000000939. The average molecular weight is 2030 g/mol. The Morgan fingerprint density at radius 3 is 0.743 bits per heavy atom. The van der Waals surface area contributed by atoms with Crippen LogP contribution < -0.4 is 103 Å². The van der Waals surface area contributed by atoms with E-state index < -0.39 is 55.9 Å². The standard InChI is InChI=1S/C27H56N4O6Si2.C24H54N2O4Si2.C22H50N2O4Si2.6CH4.4BrH.2ClH/c1-24(2)27(35)36-19-17-31(5,6)23-26(34)29-15-12-21-39(9,10)37-38(7,8)20-11-14-28-25(33)22-30(3,4)16-13-18-32;1-23(2)24(28)29-20-18-26(5,6)16-12-14-22-32(9,10)30-31(7,8)21-13-11-15-25(3,4)17-19-27;1-21(2)22(26)27-18-16-24(5,6)14-12-20-30(9,10)28-29(7,8)19-11-13-23(3,4)15-17-25;;;;;;;;;;;;/h32H,1,11-23H2,2-10H3;27H,1,11-22H2,2-10H3;25H,1,11-20H2,2-10H3;6*1H4;6*1H/q;2*+2;;;;;;;;;;;;/p-4. The number of hydrogen-bond donors (Lipinski definition) is 5. The van der Waals surface area contributed by atoms with Crippen LogP contribution in [0.25, 0.3) is 0 Å². The van der Waals surface area contributed by atoms with E-state index in [-0.39, 0.29) is 187 Å². The molecule has 0 rings (SSSR count). The number of ether oxygens (including phenoxy) is 3. The first-order valence-corrected chi connectivity index (χ1v) is 56.4. The van der Waals surface area contributed by atoms with Crippen LogP contribution in [0.3, 0.4) is 0 Å². The number of aliphatic hydroxyl groups is 3. The number of nitrogens with zero attached hydrogens (tertiary/aromatic N) is 6. The zero-order valence-corrected chi connectivity index (χ0v) is 86.5. The predicted molar refractivity (Wildman–Crippen MR) is 475 cm³/mol. The zero-order chi connectivity index (χ0) is 79.0. The number of aliphatic hydroxyl groups excluding tert-OH is 3. The number of rotatable bonds is 55. The topological polar surface area (TPSA) is 225 Å². The van der Waals surface area contributed by atoms with Gasteiger partial charge in [-0.15, -0.1) is 0 Å². The van der Waals surface area contributed by atoms with Crippen molar-refractivity contribution in [2.75, 3.05) is 216 Å². The maximum atomic E-state index is 12.4. The third-order valence-electron chi connectivity index (χ3n) is 18.2. The van der Waals surface area contributed by atoms with E-state index >= 15 is 0 Å². The molecule has 0 aliphatic rings. The van der Waals surface area contributed by atoms with Crippen LogP contribution in [0.1, 0.15) is 123 Å². The van der Waals surface area contributed by atoms with Gasteiger partial charge in [0.25, 0.3) is 11.8 Å². The molecule has 0 radical (unpaired) electrons. The molecule has 0 aliphatic heterocycles. The summed E-state index contributed by atoms with van der Waals surface area (Å²) in [6.45, 7) is 56.3. The van der Waals surface area contributed by atoms with Gasteiger partial charge in [-0.2, -0.15) is 0 Å². The molecule has 0 atom stereocenters. The van der Waals surface area contributed by atoms with Gasteiger partial charge >= 0.3 is 17.9 Å². The Morgan fingerprint density at radius 1 is 0.301 bits per heavy atom. The van der Waals surface area contributed by atoms with Crippen LogP contribution in [-0.4, -0.2) is 338 Å². The Kier molecular flexibility index (Phi) is 93.1. The molecule has 0 saturated heterocycles. The molecule has 0 aromatic carbocycles. The monoisotopic (exact) mass is 2020 g/mol. The van der Waals surface area contributed by atoms with Crippen molar-refractivity contribution in [2.24, 2.45) is 0 Å². The molecule has 0 spiro atoms. The summed E-state index contributed by atoms with van der Waals surface area (Å²) in [6, 6.07) is 6.70. The van der Waals surface area contributed by atoms with Crippen molar-refractivity contribution in [1.29, 1.82) is 0 Å². The lowest BCUT2D eigenvalue weighted by Gasteiger charge is -2.36. The second-order valence-corrected chi connectivity index (χ2v) is 62.9. The summed E-state index contributed by atoms with van der Waals surface area (Å²) in [5.74, 6) is -0.976. The highest BCUT2D eigenvalue weighted by atomic mass is 79.9. The lowest BCUT2D eigenvalue weighted by molar-refractivity contribution is -0.890. The highest BCUT2D eigenvalue weighted by Gasteiger charge is 2.36. The van der Waals surface area contributed by atoms with Crippen molar-refractivity contribution in [1.82, 2.24) is 10.6 Å². The Morgan fingerprint density at radius 2 is 0.504 bits per heavy atom. The summed E-state index contributed by atoms with van der Waals surface area (Å²) in [4.78, 5) is 59.3. The van der Waals surface area contributed by atoms with Crippen molar-refractivity contribution >= 4 is 79.6 Å². The van der Waals surface area contributed by atoms with Crippen LogP contribution in [0.2, 0.25) is 115 Å². The first-order chi connectivity index (χ1) is 45.8. The minimum Gasteiger partial charge on any atom is -1.00 e. The van der Waals surface area contributed by atoms with Crippen LogP contribution in [0.5, 0.6) is 0 Å². The van der Waals surface area contributed by atoms with Crippen LogP contribution >= 0.6 is 0 Å². The number of halogens is 6. The summed E-state index contributed by atoms with van der Waals surface area (Å²) in [5, 5.41) is 33.4. The Bertz CT molecular complexity index is 2490. The number of carbonyl (C=O) groups excluding carboxylic acids is 5. The molecule has 2 amide bonds. The Hall–Kier alpha value is -0.109. The SMILES string of the molecule is C.C.C.C.C.C.C=C(C)C(=O)OCC[N+](C)(C)CC(=O)NCCC[Si](C)(C)O[Si](C)(C)CCCNC(=O)C[N+](C)(C)CCCO.C=C(C)C(=O)OCC[N+](C)(C)CCCC[Si](C)(C)O[Si](C)(C)CCCC[N+](C)(C)CCO.C=C(C)C(=O)OCC[N+](C)(C)CCC[Si](C)(C)O[Si](C)(C)CCC[N+](C)(C)CCO.[Br-].[Br-].[Br-].[Br-].[Cl-].[Cl-]. The summed E-state index contributed by atoms with van der Waals surface area (Å²) in [5.41, 5.74) is 1.28. The predicted octanol–water partition coefficient (Wildman–Crippen LogP) is -4.38. The van der Waals surface area contributed by atoms with Crippen molar-refractivity contribution in [3.63, 3.8) is 0 Å². The number of nitrogens with one attached hydrogen (secondary N) is 2. The molecule has 0 unspecified atom stereocenters. The fraction of sp³-hybridized carbons (Fsp3) is 0.861.